The monoisotopic (exact) mass is 350 g/mol. The number of nitrogens with zero attached hydrogens (tertiary/aromatic N) is 4. The molecule has 1 atom stereocenters. The molecule has 1 fully saturated rings. The standard InChI is InChI=1S/C20H22N4O2/c1-15-18(6-11-26-15)20(25)24-9-3-5-17(14-24)19-22-8-10-23(19)13-16-4-2-7-21-12-16/h2,4,6-8,10-12,17H,3,5,9,13-14H2,1H3/t17-/m0/s1. The van der Waals surface area contributed by atoms with Gasteiger partial charge in [0.15, 0.2) is 0 Å². The Kier molecular flexibility index (Phi) is 4.56. The molecule has 0 unspecified atom stereocenters. The summed E-state index contributed by atoms with van der Waals surface area (Å²) in [5.74, 6) is 2.00. The first kappa shape index (κ1) is 16.6. The average Bonchev–Trinajstić information content (AvgIpc) is 3.31. The smallest absolute Gasteiger partial charge is 0.257 e. The van der Waals surface area contributed by atoms with Crippen LogP contribution in [0.3, 0.4) is 0 Å². The summed E-state index contributed by atoms with van der Waals surface area (Å²) in [6, 6.07) is 5.76. The molecular formula is C20H22N4O2. The molecule has 0 saturated carbocycles. The third kappa shape index (κ3) is 3.27. The third-order valence-electron chi connectivity index (χ3n) is 4.99. The summed E-state index contributed by atoms with van der Waals surface area (Å²) in [6.45, 7) is 4.04. The second kappa shape index (κ2) is 7.15. The van der Waals surface area contributed by atoms with Crippen molar-refractivity contribution in [2.45, 2.75) is 32.2 Å². The molecule has 1 aliphatic heterocycles. The number of rotatable bonds is 4. The number of carbonyl (C=O) groups is 1. The molecule has 0 aromatic carbocycles. The predicted molar refractivity (Wildman–Crippen MR) is 96.9 cm³/mol. The van der Waals surface area contributed by atoms with Crippen LogP contribution < -0.4 is 0 Å². The van der Waals surface area contributed by atoms with Crippen molar-refractivity contribution in [2.75, 3.05) is 13.1 Å². The van der Waals surface area contributed by atoms with E-state index in [0.717, 1.165) is 37.3 Å². The first-order valence-electron chi connectivity index (χ1n) is 8.95. The van der Waals surface area contributed by atoms with E-state index in [1.807, 2.05) is 36.5 Å². The van der Waals surface area contributed by atoms with Crippen molar-refractivity contribution in [1.82, 2.24) is 19.4 Å². The molecular weight excluding hydrogens is 328 g/mol. The number of carbonyl (C=O) groups excluding carboxylic acids is 1. The lowest BCUT2D eigenvalue weighted by atomic mass is 9.96. The fraction of sp³-hybridized carbons (Fsp3) is 0.350. The summed E-state index contributed by atoms with van der Waals surface area (Å²) in [5, 5.41) is 0. The van der Waals surface area contributed by atoms with E-state index in [9.17, 15) is 4.79 Å². The van der Waals surface area contributed by atoms with Gasteiger partial charge in [-0.2, -0.15) is 0 Å². The van der Waals surface area contributed by atoms with Crippen molar-refractivity contribution in [3.63, 3.8) is 0 Å². The van der Waals surface area contributed by atoms with Gasteiger partial charge < -0.3 is 13.9 Å². The van der Waals surface area contributed by atoms with Gasteiger partial charge in [-0.3, -0.25) is 9.78 Å². The highest BCUT2D eigenvalue weighted by atomic mass is 16.3. The third-order valence-corrected chi connectivity index (χ3v) is 4.99. The molecule has 26 heavy (non-hydrogen) atoms. The Morgan fingerprint density at radius 1 is 1.35 bits per heavy atom. The number of aryl methyl sites for hydroxylation is 1. The van der Waals surface area contributed by atoms with Crippen molar-refractivity contribution < 1.29 is 9.21 Å². The number of hydrogen-bond donors (Lipinski definition) is 0. The lowest BCUT2D eigenvalue weighted by molar-refractivity contribution is 0.0701. The van der Waals surface area contributed by atoms with Gasteiger partial charge in [-0.1, -0.05) is 6.07 Å². The number of aromatic nitrogens is 3. The average molecular weight is 350 g/mol. The maximum atomic E-state index is 12.8. The summed E-state index contributed by atoms with van der Waals surface area (Å²) in [4.78, 5) is 23.5. The maximum Gasteiger partial charge on any atom is 0.257 e. The van der Waals surface area contributed by atoms with Crippen molar-refractivity contribution in [1.29, 1.82) is 0 Å². The molecule has 0 radical (unpaired) electrons. The summed E-state index contributed by atoms with van der Waals surface area (Å²) in [6.07, 6.45) is 11.1. The van der Waals surface area contributed by atoms with Crippen LogP contribution in [0, 0.1) is 6.92 Å². The number of furan rings is 1. The van der Waals surface area contributed by atoms with Crippen molar-refractivity contribution >= 4 is 5.91 Å². The minimum atomic E-state index is 0.0475. The van der Waals surface area contributed by atoms with Crippen LogP contribution in [-0.4, -0.2) is 38.4 Å². The normalized spacial score (nSPS) is 17.4. The minimum Gasteiger partial charge on any atom is -0.469 e. The lowest BCUT2D eigenvalue weighted by Crippen LogP contribution is -2.39. The zero-order valence-electron chi connectivity index (χ0n) is 14.8. The van der Waals surface area contributed by atoms with E-state index < -0.39 is 0 Å². The van der Waals surface area contributed by atoms with Crippen LogP contribution in [0.5, 0.6) is 0 Å². The van der Waals surface area contributed by atoms with Gasteiger partial charge in [0.25, 0.3) is 5.91 Å². The van der Waals surface area contributed by atoms with Gasteiger partial charge in [0, 0.05) is 43.8 Å². The molecule has 1 aliphatic rings. The number of pyridine rings is 1. The van der Waals surface area contributed by atoms with Crippen LogP contribution in [0.15, 0.2) is 53.7 Å². The zero-order chi connectivity index (χ0) is 17.9. The van der Waals surface area contributed by atoms with Crippen LogP contribution >= 0.6 is 0 Å². The van der Waals surface area contributed by atoms with E-state index in [2.05, 4.69) is 20.6 Å². The molecule has 0 aliphatic carbocycles. The molecule has 6 nitrogen and oxygen atoms in total. The van der Waals surface area contributed by atoms with E-state index in [-0.39, 0.29) is 11.8 Å². The first-order valence-corrected chi connectivity index (χ1v) is 8.95. The Bertz CT molecular complexity index is 884. The van der Waals surface area contributed by atoms with Crippen molar-refractivity contribution in [3.05, 3.63) is 72.0 Å². The van der Waals surface area contributed by atoms with E-state index in [1.165, 1.54) is 0 Å². The molecule has 3 aromatic heterocycles. The van der Waals surface area contributed by atoms with E-state index in [0.29, 0.717) is 17.9 Å². The lowest BCUT2D eigenvalue weighted by Gasteiger charge is -2.32. The van der Waals surface area contributed by atoms with E-state index in [4.69, 9.17) is 4.42 Å². The Balaban J connectivity index is 1.51. The summed E-state index contributed by atoms with van der Waals surface area (Å²) >= 11 is 0. The number of likely N-dealkylation sites (tertiary alicyclic amines) is 1. The van der Waals surface area contributed by atoms with Gasteiger partial charge in [-0.15, -0.1) is 0 Å². The predicted octanol–water partition coefficient (Wildman–Crippen LogP) is 3.25. The van der Waals surface area contributed by atoms with Gasteiger partial charge in [0.1, 0.15) is 11.6 Å². The fourth-order valence-corrected chi connectivity index (χ4v) is 3.65. The highest BCUT2D eigenvalue weighted by Gasteiger charge is 2.29. The summed E-state index contributed by atoms with van der Waals surface area (Å²) in [5.41, 5.74) is 1.80. The quantitative estimate of drug-likeness (QED) is 0.724. The van der Waals surface area contributed by atoms with Crippen LogP contribution in [0.25, 0.3) is 0 Å². The molecule has 0 bridgehead atoms. The van der Waals surface area contributed by atoms with Crippen LogP contribution in [0.4, 0.5) is 0 Å². The molecule has 0 N–H and O–H groups in total. The van der Waals surface area contributed by atoms with Gasteiger partial charge in [0.05, 0.1) is 18.4 Å². The second-order valence-electron chi connectivity index (χ2n) is 6.76. The van der Waals surface area contributed by atoms with E-state index >= 15 is 0 Å². The topological polar surface area (TPSA) is 64.2 Å². The van der Waals surface area contributed by atoms with Gasteiger partial charge in [-0.25, -0.2) is 4.98 Å². The molecule has 1 amide bonds. The molecule has 134 valence electrons. The Hall–Kier alpha value is -2.89. The van der Waals surface area contributed by atoms with E-state index in [1.54, 1.807) is 18.5 Å². The molecule has 4 rings (SSSR count). The van der Waals surface area contributed by atoms with Crippen molar-refractivity contribution in [2.24, 2.45) is 0 Å². The van der Waals surface area contributed by atoms with Crippen LogP contribution in [0.2, 0.25) is 0 Å². The van der Waals surface area contributed by atoms with Gasteiger partial charge >= 0.3 is 0 Å². The van der Waals surface area contributed by atoms with Crippen LogP contribution in [0.1, 0.15) is 46.3 Å². The highest BCUT2D eigenvalue weighted by Crippen LogP contribution is 2.27. The Morgan fingerprint density at radius 2 is 2.27 bits per heavy atom. The molecule has 0 spiro atoms. The summed E-state index contributed by atoms with van der Waals surface area (Å²) < 4.78 is 7.46. The van der Waals surface area contributed by atoms with Crippen molar-refractivity contribution in [3.8, 4) is 0 Å². The zero-order valence-corrected chi connectivity index (χ0v) is 14.8. The Labute approximate surface area is 152 Å². The number of piperidine rings is 1. The SMILES string of the molecule is Cc1occc1C(=O)N1CCC[C@H](c2nccn2Cc2cccnc2)C1. The number of imidazole rings is 1. The second-order valence-corrected chi connectivity index (χ2v) is 6.76. The minimum absolute atomic E-state index is 0.0475. The maximum absolute atomic E-state index is 12.8. The van der Waals surface area contributed by atoms with Crippen LogP contribution in [-0.2, 0) is 6.54 Å². The summed E-state index contributed by atoms with van der Waals surface area (Å²) in [7, 11) is 0. The largest absolute Gasteiger partial charge is 0.469 e. The fourth-order valence-electron chi connectivity index (χ4n) is 3.65. The number of hydrogen-bond acceptors (Lipinski definition) is 4. The molecule has 4 heterocycles. The molecule has 3 aromatic rings. The molecule has 6 heteroatoms. The molecule has 1 saturated heterocycles. The first-order chi connectivity index (χ1) is 12.7. The van der Waals surface area contributed by atoms with Gasteiger partial charge in [0.2, 0.25) is 0 Å². The number of amides is 1. The Morgan fingerprint density at radius 3 is 3.04 bits per heavy atom. The van der Waals surface area contributed by atoms with Gasteiger partial charge in [-0.05, 0) is 37.5 Å². The highest BCUT2D eigenvalue weighted by molar-refractivity contribution is 5.95.